The molecule has 0 saturated carbocycles. The van der Waals surface area contributed by atoms with Crippen molar-refractivity contribution in [3.8, 4) is 5.75 Å². The number of aromatic nitrogens is 2. The lowest BCUT2D eigenvalue weighted by molar-refractivity contribution is 0.0573. The summed E-state index contributed by atoms with van der Waals surface area (Å²) in [5.41, 5.74) is 9.53. The van der Waals surface area contributed by atoms with E-state index in [0.29, 0.717) is 24.6 Å². The lowest BCUT2D eigenvalue weighted by atomic mass is 9.92. The number of halogens is 2. The molecule has 1 fully saturated rings. The number of amides is 1. The second-order valence-corrected chi connectivity index (χ2v) is 8.03. The molecule has 0 aliphatic carbocycles. The average Bonchev–Trinajstić information content (AvgIpc) is 3.14. The largest absolute Gasteiger partial charge is 0.487 e. The van der Waals surface area contributed by atoms with E-state index in [4.69, 9.17) is 10.5 Å². The van der Waals surface area contributed by atoms with Crippen LogP contribution in [-0.2, 0) is 6.61 Å². The highest BCUT2D eigenvalue weighted by Crippen LogP contribution is 2.24. The SMILES string of the molecule is Cc1ccc2nc(COc3ccc(C(=O)N4CCC(C)CC4CN)cc3)cn2c1.Cl.Cl. The van der Waals surface area contributed by atoms with Gasteiger partial charge in [-0.1, -0.05) is 13.0 Å². The van der Waals surface area contributed by atoms with Gasteiger partial charge in [0, 0.05) is 37.1 Å². The van der Waals surface area contributed by atoms with Crippen LogP contribution in [0.5, 0.6) is 5.75 Å². The van der Waals surface area contributed by atoms with Gasteiger partial charge in [-0.15, -0.1) is 24.8 Å². The highest BCUT2D eigenvalue weighted by Gasteiger charge is 2.29. The van der Waals surface area contributed by atoms with Crippen LogP contribution in [0.3, 0.4) is 0 Å². The molecular weight excluding hydrogens is 435 g/mol. The Hall–Kier alpha value is -2.28. The van der Waals surface area contributed by atoms with Gasteiger partial charge in [0.2, 0.25) is 0 Å². The van der Waals surface area contributed by atoms with Gasteiger partial charge in [0.05, 0.1) is 5.69 Å². The summed E-state index contributed by atoms with van der Waals surface area (Å²) in [7, 11) is 0. The number of pyridine rings is 1. The molecule has 4 rings (SSSR count). The molecule has 2 unspecified atom stereocenters. The van der Waals surface area contributed by atoms with Crippen LogP contribution in [0, 0.1) is 12.8 Å². The highest BCUT2D eigenvalue weighted by atomic mass is 35.5. The third kappa shape index (κ3) is 5.70. The van der Waals surface area contributed by atoms with E-state index in [0.717, 1.165) is 36.5 Å². The number of aryl methyl sites for hydroxylation is 1. The Bertz CT molecular complexity index is 1010. The van der Waals surface area contributed by atoms with E-state index in [-0.39, 0.29) is 36.8 Å². The molecule has 3 heterocycles. The van der Waals surface area contributed by atoms with Gasteiger partial charge in [0.15, 0.2) is 0 Å². The first-order valence-corrected chi connectivity index (χ1v) is 10.2. The van der Waals surface area contributed by atoms with Crippen molar-refractivity contribution in [1.29, 1.82) is 0 Å². The van der Waals surface area contributed by atoms with Crippen LogP contribution in [0.25, 0.3) is 5.65 Å². The maximum atomic E-state index is 12.9. The van der Waals surface area contributed by atoms with Crippen LogP contribution in [-0.4, -0.2) is 39.3 Å². The topological polar surface area (TPSA) is 72.9 Å². The van der Waals surface area contributed by atoms with Gasteiger partial charge in [0.25, 0.3) is 5.91 Å². The van der Waals surface area contributed by atoms with Crippen molar-refractivity contribution in [3.05, 3.63) is 65.6 Å². The zero-order valence-electron chi connectivity index (χ0n) is 17.9. The van der Waals surface area contributed by atoms with Gasteiger partial charge in [-0.05, 0) is 61.6 Å². The van der Waals surface area contributed by atoms with Gasteiger partial charge in [0.1, 0.15) is 18.0 Å². The van der Waals surface area contributed by atoms with Crippen molar-refractivity contribution in [1.82, 2.24) is 14.3 Å². The molecule has 8 heteroatoms. The molecule has 2 atom stereocenters. The first-order valence-electron chi connectivity index (χ1n) is 10.2. The average molecular weight is 465 g/mol. The fraction of sp³-hybridized carbons (Fsp3) is 0.391. The first kappa shape index (κ1) is 25.0. The number of nitrogens with zero attached hydrogens (tertiary/aromatic N) is 3. The normalized spacial score (nSPS) is 18.2. The summed E-state index contributed by atoms with van der Waals surface area (Å²) in [5, 5.41) is 0. The third-order valence-corrected chi connectivity index (χ3v) is 5.65. The molecule has 1 aromatic carbocycles. The Morgan fingerprint density at radius 1 is 1.16 bits per heavy atom. The van der Waals surface area contributed by atoms with Crippen molar-refractivity contribution in [3.63, 3.8) is 0 Å². The predicted octanol–water partition coefficient (Wildman–Crippen LogP) is 4.26. The van der Waals surface area contributed by atoms with Crippen molar-refractivity contribution >= 4 is 36.4 Å². The minimum atomic E-state index is 0. The molecule has 2 aromatic heterocycles. The number of hydrogen-bond acceptors (Lipinski definition) is 4. The third-order valence-electron chi connectivity index (χ3n) is 5.65. The summed E-state index contributed by atoms with van der Waals surface area (Å²) in [6, 6.07) is 11.5. The van der Waals surface area contributed by atoms with Crippen LogP contribution in [0.1, 0.15) is 41.4 Å². The van der Waals surface area contributed by atoms with Gasteiger partial charge in [-0.25, -0.2) is 4.98 Å². The number of benzene rings is 1. The maximum Gasteiger partial charge on any atom is 0.254 e. The van der Waals surface area contributed by atoms with E-state index < -0.39 is 0 Å². The number of imidazole rings is 1. The van der Waals surface area contributed by atoms with Crippen LogP contribution < -0.4 is 10.5 Å². The molecule has 0 radical (unpaired) electrons. The maximum absolute atomic E-state index is 12.9. The zero-order valence-corrected chi connectivity index (χ0v) is 19.5. The number of likely N-dealkylation sites (tertiary alicyclic amines) is 1. The summed E-state index contributed by atoms with van der Waals surface area (Å²) < 4.78 is 7.87. The van der Waals surface area contributed by atoms with E-state index >= 15 is 0 Å². The monoisotopic (exact) mass is 464 g/mol. The van der Waals surface area contributed by atoms with E-state index in [1.807, 2.05) is 58.1 Å². The van der Waals surface area contributed by atoms with E-state index in [1.54, 1.807) is 0 Å². The number of rotatable bonds is 5. The molecule has 0 spiro atoms. The van der Waals surface area contributed by atoms with Crippen LogP contribution in [0.4, 0.5) is 0 Å². The molecule has 31 heavy (non-hydrogen) atoms. The summed E-state index contributed by atoms with van der Waals surface area (Å²) in [6.45, 7) is 5.94. The number of hydrogen-bond donors (Lipinski definition) is 1. The number of carbonyl (C=O) groups excluding carboxylic acids is 1. The molecule has 1 aliphatic heterocycles. The van der Waals surface area contributed by atoms with Crippen LogP contribution >= 0.6 is 24.8 Å². The minimum absolute atomic E-state index is 0. The smallest absolute Gasteiger partial charge is 0.254 e. The van der Waals surface area contributed by atoms with Crippen LogP contribution in [0.2, 0.25) is 0 Å². The quantitative estimate of drug-likeness (QED) is 0.611. The van der Waals surface area contributed by atoms with Gasteiger partial charge < -0.3 is 19.8 Å². The molecule has 168 valence electrons. The Balaban J connectivity index is 0.00000171. The molecule has 2 N–H and O–H groups in total. The Morgan fingerprint density at radius 3 is 2.61 bits per heavy atom. The first-order chi connectivity index (χ1) is 14.0. The van der Waals surface area contributed by atoms with Crippen molar-refractivity contribution in [2.75, 3.05) is 13.1 Å². The number of ether oxygens (including phenoxy) is 1. The molecule has 1 aliphatic rings. The van der Waals surface area contributed by atoms with Crippen molar-refractivity contribution in [2.45, 2.75) is 39.3 Å². The molecule has 3 aromatic rings. The molecule has 0 bridgehead atoms. The second-order valence-electron chi connectivity index (χ2n) is 8.03. The lowest BCUT2D eigenvalue weighted by Crippen LogP contribution is -2.49. The summed E-state index contributed by atoms with van der Waals surface area (Å²) in [4.78, 5) is 19.4. The van der Waals surface area contributed by atoms with Gasteiger partial charge in [-0.2, -0.15) is 0 Å². The second kappa shape index (κ2) is 10.8. The Morgan fingerprint density at radius 2 is 1.90 bits per heavy atom. The fourth-order valence-electron chi connectivity index (χ4n) is 3.98. The Labute approximate surface area is 195 Å². The molecule has 6 nitrogen and oxygen atoms in total. The minimum Gasteiger partial charge on any atom is -0.487 e. The van der Waals surface area contributed by atoms with Gasteiger partial charge in [-0.3, -0.25) is 4.79 Å². The van der Waals surface area contributed by atoms with E-state index in [9.17, 15) is 4.79 Å². The fourth-order valence-corrected chi connectivity index (χ4v) is 3.98. The molecule has 1 amide bonds. The highest BCUT2D eigenvalue weighted by molar-refractivity contribution is 5.94. The predicted molar refractivity (Wildman–Crippen MR) is 127 cm³/mol. The standard InChI is InChI=1S/C23H28N4O2.2ClH/c1-16-9-10-27(20(11-16)12-24)23(28)18-4-6-21(7-5-18)29-15-19-14-26-13-17(2)3-8-22(26)25-19;;/h3-8,13-14,16,20H,9-12,15,24H2,1-2H3;2*1H. The Kier molecular flexibility index (Phi) is 8.74. The van der Waals surface area contributed by atoms with E-state index in [2.05, 4.69) is 18.8 Å². The summed E-state index contributed by atoms with van der Waals surface area (Å²) in [6.07, 6.45) is 6.02. The number of fused-ring (bicyclic) bond motifs is 1. The summed E-state index contributed by atoms with van der Waals surface area (Å²) >= 11 is 0. The van der Waals surface area contributed by atoms with Crippen molar-refractivity contribution < 1.29 is 9.53 Å². The van der Waals surface area contributed by atoms with Gasteiger partial charge >= 0.3 is 0 Å². The zero-order chi connectivity index (χ0) is 20.4. The molecular formula is C23H30Cl2N4O2. The summed E-state index contributed by atoms with van der Waals surface area (Å²) in [5.74, 6) is 1.39. The van der Waals surface area contributed by atoms with Crippen molar-refractivity contribution in [2.24, 2.45) is 11.7 Å². The van der Waals surface area contributed by atoms with E-state index in [1.165, 1.54) is 5.56 Å². The number of piperidine rings is 1. The molecule has 1 saturated heterocycles. The number of carbonyl (C=O) groups is 1. The number of nitrogens with two attached hydrogens (primary N) is 1. The lowest BCUT2D eigenvalue weighted by Gasteiger charge is -2.38. The van der Waals surface area contributed by atoms with Crippen LogP contribution in [0.15, 0.2) is 48.8 Å².